The normalized spacial score (nSPS) is 53.9. The molecular weight excluding hydrogens is 272 g/mol. The third-order valence-electron chi connectivity index (χ3n) is 6.33. The molecule has 0 radical (unpaired) electrons. The lowest BCUT2D eigenvalue weighted by atomic mass is 9.48. The standard InChI is InChI=1S/C16H18O5/c17-13-11-9-3-4-10(12(11)14(18)21-13)16(6-2-8-20-16)15(9)5-1-7-19-15/h3-4,9-12H,1-2,5-8H2/t9-,10-,11+,12+,15-,16+/m1/s1. The van der Waals surface area contributed by atoms with Gasteiger partial charge in [0.25, 0.3) is 0 Å². The van der Waals surface area contributed by atoms with Gasteiger partial charge < -0.3 is 14.2 Å². The molecule has 2 bridgehead atoms. The molecule has 0 aromatic rings. The minimum Gasteiger partial charge on any atom is -0.393 e. The Kier molecular flexibility index (Phi) is 2.21. The van der Waals surface area contributed by atoms with Crippen LogP contribution in [-0.4, -0.2) is 36.4 Å². The summed E-state index contributed by atoms with van der Waals surface area (Å²) < 4.78 is 17.5. The summed E-state index contributed by atoms with van der Waals surface area (Å²) in [6.07, 6.45) is 7.96. The Morgan fingerprint density at radius 2 is 1.33 bits per heavy atom. The molecule has 21 heavy (non-hydrogen) atoms. The van der Waals surface area contributed by atoms with Crippen LogP contribution >= 0.6 is 0 Å². The van der Waals surface area contributed by atoms with Gasteiger partial charge in [-0.15, -0.1) is 0 Å². The Hall–Kier alpha value is -1.20. The molecule has 5 heteroatoms. The van der Waals surface area contributed by atoms with Gasteiger partial charge in [-0.2, -0.15) is 0 Å². The highest BCUT2D eigenvalue weighted by Gasteiger charge is 2.75. The van der Waals surface area contributed by atoms with Gasteiger partial charge >= 0.3 is 11.9 Å². The number of cyclic esters (lactones) is 2. The summed E-state index contributed by atoms with van der Waals surface area (Å²) >= 11 is 0. The van der Waals surface area contributed by atoms with Crippen LogP contribution in [0.2, 0.25) is 0 Å². The fourth-order valence-electron chi connectivity index (χ4n) is 5.72. The number of carbonyl (C=O) groups is 2. The Morgan fingerprint density at radius 1 is 0.857 bits per heavy atom. The molecule has 3 aliphatic carbocycles. The molecule has 1 saturated carbocycles. The third kappa shape index (κ3) is 1.19. The number of hydrogen-bond acceptors (Lipinski definition) is 5. The topological polar surface area (TPSA) is 61.8 Å². The van der Waals surface area contributed by atoms with E-state index in [0.29, 0.717) is 13.2 Å². The lowest BCUT2D eigenvalue weighted by Gasteiger charge is -2.60. The molecule has 3 heterocycles. The van der Waals surface area contributed by atoms with Crippen LogP contribution in [-0.2, 0) is 23.8 Å². The van der Waals surface area contributed by atoms with Crippen molar-refractivity contribution in [1.29, 1.82) is 0 Å². The van der Waals surface area contributed by atoms with Gasteiger partial charge in [0.1, 0.15) is 11.2 Å². The van der Waals surface area contributed by atoms with Crippen molar-refractivity contribution in [3.63, 3.8) is 0 Å². The molecule has 5 nitrogen and oxygen atoms in total. The van der Waals surface area contributed by atoms with Crippen LogP contribution in [0.15, 0.2) is 12.2 Å². The van der Waals surface area contributed by atoms with Gasteiger partial charge in [0.05, 0.1) is 11.8 Å². The summed E-state index contributed by atoms with van der Waals surface area (Å²) in [7, 11) is 0. The number of rotatable bonds is 0. The van der Waals surface area contributed by atoms with Crippen LogP contribution in [0.1, 0.15) is 25.7 Å². The monoisotopic (exact) mass is 290 g/mol. The largest absolute Gasteiger partial charge is 0.393 e. The molecule has 2 spiro atoms. The third-order valence-corrected chi connectivity index (χ3v) is 6.33. The molecule has 3 aliphatic heterocycles. The maximum Gasteiger partial charge on any atom is 0.318 e. The van der Waals surface area contributed by atoms with E-state index in [-0.39, 0.29) is 35.6 Å². The van der Waals surface area contributed by atoms with Crippen LogP contribution in [0.25, 0.3) is 0 Å². The first-order valence-corrected chi connectivity index (χ1v) is 7.91. The van der Waals surface area contributed by atoms with Crippen molar-refractivity contribution in [2.75, 3.05) is 13.2 Å². The van der Waals surface area contributed by atoms with Gasteiger partial charge in [0, 0.05) is 25.0 Å². The molecule has 6 aliphatic rings. The lowest BCUT2D eigenvalue weighted by Crippen LogP contribution is -2.71. The van der Waals surface area contributed by atoms with E-state index in [0.717, 1.165) is 25.7 Å². The van der Waals surface area contributed by atoms with E-state index >= 15 is 0 Å². The van der Waals surface area contributed by atoms with Crippen molar-refractivity contribution in [3.8, 4) is 0 Å². The molecule has 0 aromatic carbocycles. The second kappa shape index (κ2) is 3.76. The first kappa shape index (κ1) is 12.4. The van der Waals surface area contributed by atoms with Gasteiger partial charge in [0.15, 0.2) is 0 Å². The predicted octanol–water partition coefficient (Wildman–Crippen LogP) is 1.22. The average Bonchev–Trinajstić information content (AvgIpc) is 3.18. The zero-order chi connectivity index (χ0) is 14.2. The van der Waals surface area contributed by atoms with E-state index in [1.807, 2.05) is 0 Å². The van der Waals surface area contributed by atoms with Crippen molar-refractivity contribution >= 4 is 11.9 Å². The van der Waals surface area contributed by atoms with Gasteiger partial charge in [0.2, 0.25) is 0 Å². The summed E-state index contributed by atoms with van der Waals surface area (Å²) in [6, 6.07) is 0. The van der Waals surface area contributed by atoms with Gasteiger partial charge in [-0.05, 0) is 25.7 Å². The zero-order valence-corrected chi connectivity index (χ0v) is 11.7. The van der Waals surface area contributed by atoms with Crippen molar-refractivity contribution in [1.82, 2.24) is 0 Å². The molecule has 3 saturated heterocycles. The number of esters is 2. The lowest BCUT2D eigenvalue weighted by molar-refractivity contribution is -0.247. The fraction of sp³-hybridized carbons (Fsp3) is 0.750. The Balaban J connectivity index is 1.72. The minimum atomic E-state index is -0.437. The number of ether oxygens (including phenoxy) is 3. The Morgan fingerprint density at radius 3 is 1.71 bits per heavy atom. The van der Waals surface area contributed by atoms with Crippen LogP contribution in [0.5, 0.6) is 0 Å². The van der Waals surface area contributed by atoms with Gasteiger partial charge in [-0.1, -0.05) is 12.2 Å². The molecule has 112 valence electrons. The Bertz CT molecular complexity index is 505. The summed E-state index contributed by atoms with van der Waals surface area (Å²) in [5, 5.41) is 0. The van der Waals surface area contributed by atoms with Crippen LogP contribution in [0.3, 0.4) is 0 Å². The van der Waals surface area contributed by atoms with Crippen molar-refractivity contribution in [3.05, 3.63) is 12.2 Å². The van der Waals surface area contributed by atoms with E-state index in [2.05, 4.69) is 12.2 Å². The quantitative estimate of drug-likeness (QED) is 0.381. The highest BCUT2D eigenvalue weighted by atomic mass is 16.6. The maximum absolute atomic E-state index is 12.2. The van der Waals surface area contributed by atoms with E-state index in [1.165, 1.54) is 0 Å². The SMILES string of the molecule is O=C1OC(=O)[C@@H]2[C@@H]1[C@H]1C=C[C@H]2[C@]2(CCCO2)[C@]12CCCO2. The van der Waals surface area contributed by atoms with E-state index < -0.39 is 11.2 Å². The van der Waals surface area contributed by atoms with Gasteiger partial charge in [-0.25, -0.2) is 0 Å². The van der Waals surface area contributed by atoms with Crippen LogP contribution < -0.4 is 0 Å². The highest BCUT2D eigenvalue weighted by molar-refractivity contribution is 5.98. The summed E-state index contributed by atoms with van der Waals surface area (Å²) in [5.41, 5.74) is -0.874. The smallest absolute Gasteiger partial charge is 0.318 e. The maximum atomic E-state index is 12.2. The number of hydrogen-bond donors (Lipinski definition) is 0. The molecule has 0 unspecified atom stereocenters. The second-order valence-corrected chi connectivity index (χ2v) is 6.91. The summed E-state index contributed by atoms with van der Waals surface area (Å²) in [5.74, 6) is -1.67. The summed E-state index contributed by atoms with van der Waals surface area (Å²) in [4.78, 5) is 24.4. The first-order valence-electron chi connectivity index (χ1n) is 7.91. The average molecular weight is 290 g/mol. The Labute approximate surface area is 122 Å². The highest BCUT2D eigenvalue weighted by Crippen LogP contribution is 2.65. The minimum absolute atomic E-state index is 0.0907. The molecule has 6 rings (SSSR count). The zero-order valence-electron chi connectivity index (χ0n) is 11.7. The first-order chi connectivity index (χ1) is 10.2. The van der Waals surface area contributed by atoms with Crippen LogP contribution in [0, 0.1) is 23.7 Å². The second-order valence-electron chi connectivity index (χ2n) is 6.91. The number of carbonyl (C=O) groups excluding carboxylic acids is 2. The van der Waals surface area contributed by atoms with Gasteiger partial charge in [-0.3, -0.25) is 9.59 Å². The molecule has 0 aromatic heterocycles. The summed E-state index contributed by atoms with van der Waals surface area (Å²) in [6.45, 7) is 1.42. The predicted molar refractivity (Wildman–Crippen MR) is 70.0 cm³/mol. The van der Waals surface area contributed by atoms with Crippen molar-refractivity contribution in [2.24, 2.45) is 23.7 Å². The van der Waals surface area contributed by atoms with Crippen molar-refractivity contribution < 1.29 is 23.8 Å². The fourth-order valence-corrected chi connectivity index (χ4v) is 5.72. The molecule has 4 fully saturated rings. The van der Waals surface area contributed by atoms with Crippen LogP contribution in [0.4, 0.5) is 0 Å². The van der Waals surface area contributed by atoms with E-state index in [1.54, 1.807) is 0 Å². The van der Waals surface area contributed by atoms with Crippen molar-refractivity contribution in [2.45, 2.75) is 36.9 Å². The molecule has 0 N–H and O–H groups in total. The van der Waals surface area contributed by atoms with E-state index in [9.17, 15) is 9.59 Å². The molecular formula is C16H18O5. The molecule has 0 amide bonds. The molecule has 6 atom stereocenters. The van der Waals surface area contributed by atoms with E-state index in [4.69, 9.17) is 14.2 Å².